The van der Waals surface area contributed by atoms with Crippen LogP contribution in [0.3, 0.4) is 0 Å². The van der Waals surface area contributed by atoms with Gasteiger partial charge in [-0.15, -0.1) is 0 Å². The molecule has 0 spiro atoms. The van der Waals surface area contributed by atoms with Gasteiger partial charge in [0.1, 0.15) is 0 Å². The Morgan fingerprint density at radius 2 is 2.00 bits per heavy atom. The number of hydrogen-bond acceptors (Lipinski definition) is 0. The smallest absolute Gasteiger partial charge is 0.00313 e. The lowest BCUT2D eigenvalue weighted by atomic mass is 10.1. The third-order valence-electron chi connectivity index (χ3n) is 2.48. The van der Waals surface area contributed by atoms with Gasteiger partial charge >= 0.3 is 0 Å². The Bertz CT molecular complexity index is 90.7. The Morgan fingerprint density at radius 1 is 1.30 bits per heavy atom. The van der Waals surface area contributed by atoms with Gasteiger partial charge in [-0.2, -0.15) is 0 Å². The van der Waals surface area contributed by atoms with E-state index in [0.717, 1.165) is 11.8 Å². The molecule has 10 heavy (non-hydrogen) atoms. The summed E-state index contributed by atoms with van der Waals surface area (Å²) in [5, 5.41) is 1.19. The molecule has 0 radical (unpaired) electrons. The van der Waals surface area contributed by atoms with E-state index in [1.165, 1.54) is 37.4 Å². The number of unbranched alkanes of at least 4 members (excludes halogenated alkanes) is 2. The van der Waals surface area contributed by atoms with E-state index in [2.05, 4.69) is 22.9 Å². The molecule has 2 atom stereocenters. The first-order chi connectivity index (χ1) is 4.84. The summed E-state index contributed by atoms with van der Waals surface area (Å²) >= 11 is 3.44. The quantitative estimate of drug-likeness (QED) is 0.475. The van der Waals surface area contributed by atoms with Gasteiger partial charge < -0.3 is 0 Å². The highest BCUT2D eigenvalue weighted by molar-refractivity contribution is 9.09. The van der Waals surface area contributed by atoms with Gasteiger partial charge in [-0.1, -0.05) is 42.1 Å². The zero-order valence-electron chi connectivity index (χ0n) is 6.78. The van der Waals surface area contributed by atoms with Crippen LogP contribution in [0.15, 0.2) is 0 Å². The summed E-state index contributed by atoms with van der Waals surface area (Å²) in [6.45, 7) is 2.37. The van der Waals surface area contributed by atoms with E-state index in [1.54, 1.807) is 0 Å². The largest absolute Gasteiger partial charge is 0.0928 e. The third kappa shape index (κ3) is 3.05. The van der Waals surface area contributed by atoms with Gasteiger partial charge in [0, 0.05) is 5.33 Å². The fraction of sp³-hybridized carbons (Fsp3) is 1.00. The number of rotatable bonds is 5. The molecule has 0 aromatic heterocycles. The van der Waals surface area contributed by atoms with E-state index in [4.69, 9.17) is 0 Å². The lowest BCUT2D eigenvalue weighted by Gasteiger charge is -1.96. The van der Waals surface area contributed by atoms with Crippen LogP contribution in [-0.4, -0.2) is 5.33 Å². The minimum atomic E-state index is 1.06. The summed E-state index contributed by atoms with van der Waals surface area (Å²) in [4.78, 5) is 0. The maximum Gasteiger partial charge on any atom is 0.00313 e. The van der Waals surface area contributed by atoms with E-state index in [1.807, 2.05) is 0 Å². The molecule has 1 heteroatoms. The van der Waals surface area contributed by atoms with Gasteiger partial charge in [-0.25, -0.2) is 0 Å². The molecule has 1 fully saturated rings. The van der Waals surface area contributed by atoms with Crippen molar-refractivity contribution in [3.05, 3.63) is 0 Å². The third-order valence-corrected chi connectivity index (χ3v) is 3.05. The first kappa shape index (κ1) is 8.58. The van der Waals surface area contributed by atoms with E-state index >= 15 is 0 Å². The Morgan fingerprint density at radius 3 is 2.50 bits per heavy atom. The van der Waals surface area contributed by atoms with Crippen LogP contribution in [0.4, 0.5) is 0 Å². The van der Waals surface area contributed by atoms with Gasteiger partial charge in [-0.05, 0) is 24.7 Å². The van der Waals surface area contributed by atoms with E-state index in [0.29, 0.717) is 0 Å². The monoisotopic (exact) mass is 204 g/mol. The molecule has 60 valence electrons. The molecule has 1 aliphatic carbocycles. The van der Waals surface area contributed by atoms with Gasteiger partial charge in [0.25, 0.3) is 0 Å². The van der Waals surface area contributed by atoms with Crippen molar-refractivity contribution >= 4 is 15.9 Å². The normalized spacial score (nSPS) is 30.6. The van der Waals surface area contributed by atoms with Crippen molar-refractivity contribution in [3.8, 4) is 0 Å². The minimum Gasteiger partial charge on any atom is -0.0928 e. The highest BCUT2D eigenvalue weighted by Gasteiger charge is 2.31. The summed E-state index contributed by atoms with van der Waals surface area (Å²) in [6, 6.07) is 0. The summed E-state index contributed by atoms with van der Waals surface area (Å²) in [7, 11) is 0. The Balaban J connectivity index is 1.78. The van der Waals surface area contributed by atoms with E-state index in [9.17, 15) is 0 Å². The van der Waals surface area contributed by atoms with Gasteiger partial charge in [0.2, 0.25) is 0 Å². The van der Waals surface area contributed by atoms with Crippen molar-refractivity contribution < 1.29 is 0 Å². The van der Waals surface area contributed by atoms with Crippen LogP contribution in [0.2, 0.25) is 0 Å². The number of alkyl halides is 1. The van der Waals surface area contributed by atoms with Crippen LogP contribution in [0, 0.1) is 11.8 Å². The van der Waals surface area contributed by atoms with Crippen LogP contribution in [0.5, 0.6) is 0 Å². The SMILES string of the molecule is CC1CC1CCCCCBr. The fourth-order valence-corrected chi connectivity index (χ4v) is 1.88. The van der Waals surface area contributed by atoms with Crippen LogP contribution >= 0.6 is 15.9 Å². The molecule has 0 heterocycles. The summed E-state index contributed by atoms with van der Waals surface area (Å²) in [5.74, 6) is 2.17. The van der Waals surface area contributed by atoms with Crippen molar-refractivity contribution in [1.82, 2.24) is 0 Å². The Kier molecular flexibility index (Phi) is 3.75. The molecule has 0 N–H and O–H groups in total. The maximum absolute atomic E-state index is 3.44. The zero-order valence-corrected chi connectivity index (χ0v) is 8.36. The van der Waals surface area contributed by atoms with Crippen LogP contribution in [0.1, 0.15) is 39.0 Å². The van der Waals surface area contributed by atoms with Gasteiger partial charge in [0.15, 0.2) is 0 Å². The highest BCUT2D eigenvalue weighted by Crippen LogP contribution is 2.41. The molecule has 1 rings (SSSR count). The Hall–Kier alpha value is 0.480. The van der Waals surface area contributed by atoms with Crippen LogP contribution in [-0.2, 0) is 0 Å². The minimum absolute atomic E-state index is 1.06. The highest BCUT2D eigenvalue weighted by atomic mass is 79.9. The predicted molar refractivity (Wildman–Crippen MR) is 49.5 cm³/mol. The number of hydrogen-bond donors (Lipinski definition) is 0. The molecular formula is C9H17Br. The molecule has 1 aliphatic rings. The maximum atomic E-state index is 3.44. The number of halogens is 1. The second-order valence-electron chi connectivity index (χ2n) is 3.51. The second kappa shape index (κ2) is 4.38. The van der Waals surface area contributed by atoms with Gasteiger partial charge in [0.05, 0.1) is 0 Å². The molecule has 0 bridgehead atoms. The predicted octanol–water partition coefficient (Wildman–Crippen LogP) is 3.60. The van der Waals surface area contributed by atoms with E-state index < -0.39 is 0 Å². The van der Waals surface area contributed by atoms with Crippen molar-refractivity contribution in [1.29, 1.82) is 0 Å². The molecule has 0 aliphatic heterocycles. The molecule has 1 saturated carbocycles. The van der Waals surface area contributed by atoms with Crippen molar-refractivity contribution in [2.45, 2.75) is 39.0 Å². The van der Waals surface area contributed by atoms with E-state index in [-0.39, 0.29) is 0 Å². The van der Waals surface area contributed by atoms with Gasteiger partial charge in [-0.3, -0.25) is 0 Å². The average molecular weight is 205 g/mol. The van der Waals surface area contributed by atoms with Crippen LogP contribution < -0.4 is 0 Å². The summed E-state index contributed by atoms with van der Waals surface area (Å²) < 4.78 is 0. The molecule has 0 amide bonds. The fourth-order valence-electron chi connectivity index (χ4n) is 1.48. The lowest BCUT2D eigenvalue weighted by molar-refractivity contribution is 0.597. The molecular weight excluding hydrogens is 188 g/mol. The van der Waals surface area contributed by atoms with Crippen molar-refractivity contribution in [3.63, 3.8) is 0 Å². The summed E-state index contributed by atoms with van der Waals surface area (Å²) in [6.07, 6.45) is 7.25. The van der Waals surface area contributed by atoms with Crippen molar-refractivity contribution in [2.75, 3.05) is 5.33 Å². The van der Waals surface area contributed by atoms with Crippen LogP contribution in [0.25, 0.3) is 0 Å². The second-order valence-corrected chi connectivity index (χ2v) is 4.30. The average Bonchev–Trinajstić information content (AvgIpc) is 2.60. The van der Waals surface area contributed by atoms with Crippen molar-refractivity contribution in [2.24, 2.45) is 11.8 Å². The first-order valence-corrected chi connectivity index (χ1v) is 5.52. The standard InChI is InChI=1S/C9H17Br/c1-8-7-9(8)5-3-2-4-6-10/h8-9H,2-7H2,1H3. The summed E-state index contributed by atoms with van der Waals surface area (Å²) in [5.41, 5.74) is 0. The molecule has 0 nitrogen and oxygen atoms in total. The first-order valence-electron chi connectivity index (χ1n) is 4.40. The molecule has 2 unspecified atom stereocenters. The molecule has 0 aromatic carbocycles. The zero-order chi connectivity index (χ0) is 7.40. The Labute approximate surface area is 72.5 Å². The topological polar surface area (TPSA) is 0 Å². The molecule has 0 aromatic rings. The molecule has 0 saturated heterocycles. The lowest BCUT2D eigenvalue weighted by Crippen LogP contribution is -1.81.